The molecule has 2 N–H and O–H groups in total. The number of rotatable bonds is 3. The summed E-state index contributed by atoms with van der Waals surface area (Å²) in [4.78, 5) is 0. The zero-order valence-electron chi connectivity index (χ0n) is 12.5. The lowest BCUT2D eigenvalue weighted by Gasteiger charge is -2.36. The largest absolute Gasteiger partial charge is 0.382 e. The Morgan fingerprint density at radius 2 is 2.00 bits per heavy atom. The zero-order valence-corrected chi connectivity index (χ0v) is 13.3. The fourth-order valence-corrected chi connectivity index (χ4v) is 4.94. The Labute approximate surface area is 130 Å². The highest BCUT2D eigenvalue weighted by molar-refractivity contribution is 7.17. The predicted molar refractivity (Wildman–Crippen MR) is 92.2 cm³/mol. The minimum Gasteiger partial charge on any atom is -0.382 e. The lowest BCUT2D eigenvalue weighted by Crippen LogP contribution is -2.43. The van der Waals surface area contributed by atoms with Crippen molar-refractivity contribution in [3.05, 3.63) is 29.6 Å². The number of hydrogen-bond donors (Lipinski definition) is 2. The molecule has 2 heterocycles. The molecule has 0 amide bonds. The minimum absolute atomic E-state index is 0.644. The van der Waals surface area contributed by atoms with Crippen molar-refractivity contribution in [3.63, 3.8) is 0 Å². The summed E-state index contributed by atoms with van der Waals surface area (Å²) in [5.41, 5.74) is 1.30. The van der Waals surface area contributed by atoms with Gasteiger partial charge in [0.15, 0.2) is 0 Å². The summed E-state index contributed by atoms with van der Waals surface area (Å²) in [6, 6.07) is 10.4. The van der Waals surface area contributed by atoms with E-state index in [4.69, 9.17) is 0 Å². The Balaban J connectivity index is 1.52. The third kappa shape index (κ3) is 2.82. The van der Waals surface area contributed by atoms with E-state index in [0.717, 1.165) is 12.0 Å². The van der Waals surface area contributed by atoms with Crippen molar-refractivity contribution < 1.29 is 0 Å². The first-order valence-electron chi connectivity index (χ1n) is 8.37. The van der Waals surface area contributed by atoms with Gasteiger partial charge in [0.2, 0.25) is 0 Å². The maximum Gasteiger partial charge on any atom is 0.0349 e. The normalized spacial score (nSPS) is 29.8. The Bertz CT molecular complexity index is 600. The fourth-order valence-electron chi connectivity index (χ4n) is 4.17. The molecule has 1 saturated carbocycles. The van der Waals surface area contributed by atoms with E-state index in [0.29, 0.717) is 6.04 Å². The fraction of sp³-hybridized carbons (Fsp3) is 0.556. The lowest BCUT2D eigenvalue weighted by atomic mass is 9.79. The molecule has 3 atom stereocenters. The SMILES string of the molecule is c1cc2cc(NC3CCCCC3C3CCCN3)ccc2s1. The summed E-state index contributed by atoms with van der Waals surface area (Å²) in [5.74, 6) is 0.805. The Kier molecular flexibility index (Phi) is 3.87. The van der Waals surface area contributed by atoms with Gasteiger partial charge in [0.05, 0.1) is 0 Å². The molecule has 0 spiro atoms. The molecular weight excluding hydrogens is 276 g/mol. The van der Waals surface area contributed by atoms with Crippen LogP contribution in [0, 0.1) is 5.92 Å². The van der Waals surface area contributed by atoms with Crippen molar-refractivity contribution in [1.82, 2.24) is 5.32 Å². The third-order valence-corrected chi connectivity index (χ3v) is 6.14. The maximum atomic E-state index is 3.85. The maximum absolute atomic E-state index is 3.85. The Hall–Kier alpha value is -1.06. The van der Waals surface area contributed by atoms with Crippen LogP contribution in [-0.2, 0) is 0 Å². The van der Waals surface area contributed by atoms with E-state index in [1.54, 1.807) is 0 Å². The molecule has 4 rings (SSSR count). The summed E-state index contributed by atoms with van der Waals surface area (Å²) in [6.07, 6.45) is 8.22. The molecule has 21 heavy (non-hydrogen) atoms. The number of benzene rings is 1. The van der Waals surface area contributed by atoms with Crippen LogP contribution in [0.1, 0.15) is 38.5 Å². The molecular formula is C18H24N2S. The number of thiophene rings is 1. The molecule has 2 aromatic rings. The van der Waals surface area contributed by atoms with Crippen LogP contribution in [0.2, 0.25) is 0 Å². The average molecular weight is 300 g/mol. The molecule has 1 saturated heterocycles. The van der Waals surface area contributed by atoms with Gasteiger partial charge in [0, 0.05) is 22.5 Å². The Morgan fingerprint density at radius 1 is 1.05 bits per heavy atom. The van der Waals surface area contributed by atoms with Gasteiger partial charge in [-0.1, -0.05) is 12.8 Å². The van der Waals surface area contributed by atoms with Gasteiger partial charge in [-0.05, 0) is 73.2 Å². The van der Waals surface area contributed by atoms with Crippen molar-refractivity contribution in [2.45, 2.75) is 50.6 Å². The standard InChI is InChI=1S/C18H24N2S/c1-2-5-17(15(4-1)16-6-3-10-19-16)20-14-7-8-18-13(12-14)9-11-21-18/h7-9,11-12,15-17,19-20H,1-6,10H2. The highest BCUT2D eigenvalue weighted by Crippen LogP contribution is 2.33. The first-order chi connectivity index (χ1) is 10.4. The van der Waals surface area contributed by atoms with Crippen LogP contribution in [0.4, 0.5) is 5.69 Å². The molecule has 2 aliphatic rings. The van der Waals surface area contributed by atoms with Gasteiger partial charge in [-0.15, -0.1) is 11.3 Å². The number of fused-ring (bicyclic) bond motifs is 1. The van der Waals surface area contributed by atoms with Gasteiger partial charge in [0.1, 0.15) is 0 Å². The molecule has 1 aliphatic heterocycles. The van der Waals surface area contributed by atoms with E-state index in [-0.39, 0.29) is 0 Å². The van der Waals surface area contributed by atoms with Crippen LogP contribution >= 0.6 is 11.3 Å². The topological polar surface area (TPSA) is 24.1 Å². The van der Waals surface area contributed by atoms with E-state index < -0.39 is 0 Å². The summed E-state index contributed by atoms with van der Waals surface area (Å²) in [6.45, 7) is 1.22. The first kappa shape index (κ1) is 13.6. The van der Waals surface area contributed by atoms with Crippen molar-refractivity contribution >= 4 is 27.1 Å². The van der Waals surface area contributed by atoms with Gasteiger partial charge in [-0.25, -0.2) is 0 Å². The zero-order chi connectivity index (χ0) is 14.1. The molecule has 2 nitrogen and oxygen atoms in total. The van der Waals surface area contributed by atoms with Crippen LogP contribution in [0.15, 0.2) is 29.6 Å². The molecule has 2 fully saturated rings. The molecule has 112 valence electrons. The summed E-state index contributed by atoms with van der Waals surface area (Å²) in [7, 11) is 0. The van der Waals surface area contributed by atoms with Crippen LogP contribution in [0.5, 0.6) is 0 Å². The highest BCUT2D eigenvalue weighted by Gasteiger charge is 2.33. The molecule has 0 bridgehead atoms. The minimum atomic E-state index is 0.644. The summed E-state index contributed by atoms with van der Waals surface area (Å²) >= 11 is 1.83. The van der Waals surface area contributed by atoms with Crippen LogP contribution in [0.25, 0.3) is 10.1 Å². The quantitative estimate of drug-likeness (QED) is 0.864. The second kappa shape index (κ2) is 5.98. The summed E-state index contributed by atoms with van der Waals surface area (Å²) in [5, 5.41) is 11.1. The molecule has 1 aliphatic carbocycles. The smallest absolute Gasteiger partial charge is 0.0349 e. The van der Waals surface area contributed by atoms with Crippen molar-refractivity contribution in [3.8, 4) is 0 Å². The van der Waals surface area contributed by atoms with Gasteiger partial charge in [-0.2, -0.15) is 0 Å². The van der Waals surface area contributed by atoms with Gasteiger partial charge >= 0.3 is 0 Å². The molecule has 3 unspecified atom stereocenters. The second-order valence-corrected chi connectivity index (χ2v) is 7.52. The highest BCUT2D eigenvalue weighted by atomic mass is 32.1. The number of anilines is 1. The first-order valence-corrected chi connectivity index (χ1v) is 9.25. The second-order valence-electron chi connectivity index (χ2n) is 6.58. The van der Waals surface area contributed by atoms with Crippen LogP contribution in [0.3, 0.4) is 0 Å². The summed E-state index contributed by atoms with van der Waals surface area (Å²) < 4.78 is 1.39. The molecule has 1 aromatic carbocycles. The van der Waals surface area contributed by atoms with E-state index in [1.807, 2.05) is 11.3 Å². The lowest BCUT2D eigenvalue weighted by molar-refractivity contribution is 0.263. The number of hydrogen-bond acceptors (Lipinski definition) is 3. The van der Waals surface area contributed by atoms with Gasteiger partial charge < -0.3 is 10.6 Å². The van der Waals surface area contributed by atoms with Crippen molar-refractivity contribution in [1.29, 1.82) is 0 Å². The van der Waals surface area contributed by atoms with Gasteiger partial charge in [0.25, 0.3) is 0 Å². The molecule has 3 heteroatoms. The van der Waals surface area contributed by atoms with E-state index in [1.165, 1.54) is 60.8 Å². The molecule has 0 radical (unpaired) electrons. The average Bonchev–Trinajstić information content (AvgIpc) is 3.19. The Morgan fingerprint density at radius 3 is 2.90 bits per heavy atom. The van der Waals surface area contributed by atoms with E-state index >= 15 is 0 Å². The van der Waals surface area contributed by atoms with Crippen LogP contribution < -0.4 is 10.6 Å². The number of nitrogens with one attached hydrogen (secondary N) is 2. The molecule has 1 aromatic heterocycles. The third-order valence-electron chi connectivity index (χ3n) is 5.24. The van der Waals surface area contributed by atoms with Crippen molar-refractivity contribution in [2.24, 2.45) is 5.92 Å². The predicted octanol–water partition coefficient (Wildman–Crippen LogP) is 4.62. The monoisotopic (exact) mass is 300 g/mol. The van der Waals surface area contributed by atoms with Crippen molar-refractivity contribution in [2.75, 3.05) is 11.9 Å². The van der Waals surface area contributed by atoms with Gasteiger partial charge in [-0.3, -0.25) is 0 Å². The van der Waals surface area contributed by atoms with Crippen LogP contribution in [-0.4, -0.2) is 18.6 Å². The van der Waals surface area contributed by atoms with E-state index in [9.17, 15) is 0 Å². The van der Waals surface area contributed by atoms with E-state index in [2.05, 4.69) is 40.3 Å².